The summed E-state index contributed by atoms with van der Waals surface area (Å²) in [5.41, 5.74) is 1.82. The zero-order chi connectivity index (χ0) is 44.1. The predicted molar refractivity (Wildman–Crippen MR) is 259 cm³/mol. The summed E-state index contributed by atoms with van der Waals surface area (Å²) < 4.78 is 29.9. The molecule has 0 aromatic heterocycles. The molecule has 0 amide bonds. The molecule has 4 aliphatic rings. The van der Waals surface area contributed by atoms with Crippen molar-refractivity contribution in [1.82, 2.24) is 4.90 Å². The zero-order valence-corrected chi connectivity index (χ0v) is 41.3. The molecule has 0 spiro atoms. The number of carbonyl (C=O) groups excluding carboxylic acids is 1. The molecule has 7 heteroatoms. The lowest BCUT2D eigenvalue weighted by Gasteiger charge is -2.51. The second-order valence-corrected chi connectivity index (χ2v) is 21.0. The molecule has 3 aliphatic carbocycles. The van der Waals surface area contributed by atoms with Crippen LogP contribution in [0.1, 0.15) is 208 Å². The fraction of sp³-hybridized carbons (Fsp3) is 0.909. The van der Waals surface area contributed by atoms with Crippen LogP contribution in [0.25, 0.3) is 0 Å². The van der Waals surface area contributed by atoms with Crippen LogP contribution < -0.4 is 0 Å². The van der Waals surface area contributed by atoms with Crippen molar-refractivity contribution < 1.29 is 28.5 Å². The van der Waals surface area contributed by atoms with Crippen molar-refractivity contribution in [3.8, 4) is 0 Å². The van der Waals surface area contributed by atoms with E-state index in [4.69, 9.17) is 23.7 Å². The topological polar surface area (TPSA) is 66.5 Å². The number of carbonyl (C=O) groups is 1. The van der Waals surface area contributed by atoms with Gasteiger partial charge in [-0.15, -0.1) is 0 Å². The molecule has 0 aromatic carbocycles. The Morgan fingerprint density at radius 2 is 1.50 bits per heavy atom. The van der Waals surface area contributed by atoms with Gasteiger partial charge in [0.1, 0.15) is 12.7 Å². The number of ether oxygens (including phenoxy) is 5. The Hall–Kier alpha value is -1.25. The molecule has 7 nitrogen and oxygen atoms in total. The molecule has 1 heterocycles. The quantitative estimate of drug-likeness (QED) is 0.0379. The van der Waals surface area contributed by atoms with Crippen LogP contribution in [0.4, 0.5) is 0 Å². The molecular formula is C55H99NO6. The van der Waals surface area contributed by atoms with Gasteiger partial charge in [-0.25, -0.2) is 4.79 Å². The van der Waals surface area contributed by atoms with E-state index in [1.807, 2.05) is 0 Å². The Balaban J connectivity index is 1.06. The first-order chi connectivity index (χ1) is 30.3. The van der Waals surface area contributed by atoms with Crippen LogP contribution in [-0.4, -0.2) is 89.0 Å². The molecule has 7 atom stereocenters. The lowest BCUT2D eigenvalue weighted by atomic mass is 9.55. The summed E-state index contributed by atoms with van der Waals surface area (Å²) in [5, 5.41) is 0. The third-order valence-electron chi connectivity index (χ3n) is 15.5. The van der Waals surface area contributed by atoms with Crippen LogP contribution in [0.3, 0.4) is 0 Å². The van der Waals surface area contributed by atoms with E-state index in [9.17, 15) is 4.79 Å². The van der Waals surface area contributed by atoms with E-state index in [1.165, 1.54) is 148 Å². The Bertz CT molecular complexity index is 1200. The minimum Gasteiger partial charge on any atom is -0.460 e. The maximum atomic E-state index is 13.0. The van der Waals surface area contributed by atoms with Crippen LogP contribution in [-0.2, 0) is 28.5 Å². The number of rotatable bonds is 32. The van der Waals surface area contributed by atoms with Crippen LogP contribution in [0.2, 0.25) is 0 Å². The molecular weight excluding hydrogens is 771 g/mol. The highest BCUT2D eigenvalue weighted by Gasteiger charge is 2.47. The van der Waals surface area contributed by atoms with Crippen LogP contribution in [0.5, 0.6) is 0 Å². The number of morpholine rings is 1. The fourth-order valence-electron chi connectivity index (χ4n) is 11.5. The summed E-state index contributed by atoms with van der Waals surface area (Å²) in [7, 11) is 0. The van der Waals surface area contributed by atoms with Crippen molar-refractivity contribution in [3.63, 3.8) is 0 Å². The van der Waals surface area contributed by atoms with E-state index < -0.39 is 0 Å². The van der Waals surface area contributed by atoms with Crippen LogP contribution in [0, 0.1) is 35.0 Å². The van der Waals surface area contributed by atoms with E-state index >= 15 is 0 Å². The summed E-state index contributed by atoms with van der Waals surface area (Å²) in [5.74, 6) is 3.93. The van der Waals surface area contributed by atoms with Gasteiger partial charge in [0, 0.05) is 32.7 Å². The number of hydrogen-bond donors (Lipinski definition) is 0. The predicted octanol–water partition coefficient (Wildman–Crippen LogP) is 13.9. The minimum atomic E-state index is -0.243. The highest BCUT2D eigenvalue weighted by molar-refractivity contribution is 5.71. The maximum Gasteiger partial charge on any atom is 0.332 e. The molecule has 3 fully saturated rings. The van der Waals surface area contributed by atoms with Gasteiger partial charge in [-0.05, 0) is 99.2 Å². The third-order valence-corrected chi connectivity index (χ3v) is 15.5. The van der Waals surface area contributed by atoms with Gasteiger partial charge in [0.15, 0.2) is 0 Å². The third kappa shape index (κ3) is 21.4. The largest absolute Gasteiger partial charge is 0.460 e. The molecule has 360 valence electrons. The van der Waals surface area contributed by atoms with E-state index in [1.54, 1.807) is 5.57 Å². The van der Waals surface area contributed by atoms with Gasteiger partial charge in [0.2, 0.25) is 0 Å². The second kappa shape index (κ2) is 32.4. The fourth-order valence-corrected chi connectivity index (χ4v) is 11.5. The first kappa shape index (κ1) is 53.4. The van der Waals surface area contributed by atoms with Gasteiger partial charge in [0.25, 0.3) is 0 Å². The summed E-state index contributed by atoms with van der Waals surface area (Å²) in [6, 6.07) is 0. The lowest BCUT2D eigenvalue weighted by molar-refractivity contribution is -0.157. The Morgan fingerprint density at radius 1 is 0.806 bits per heavy atom. The summed E-state index contributed by atoms with van der Waals surface area (Å²) in [4.78, 5) is 15.4. The van der Waals surface area contributed by atoms with Gasteiger partial charge in [-0.2, -0.15) is 0 Å². The monoisotopic (exact) mass is 870 g/mol. The van der Waals surface area contributed by atoms with Crippen molar-refractivity contribution in [2.75, 3.05) is 65.9 Å². The Labute approximate surface area is 383 Å². The second-order valence-electron chi connectivity index (χ2n) is 21.0. The van der Waals surface area contributed by atoms with Crippen molar-refractivity contribution in [3.05, 3.63) is 23.8 Å². The summed E-state index contributed by atoms with van der Waals surface area (Å²) in [6.07, 6.45) is 42.4. The number of unbranched alkanes of at least 4 members (excludes halogenated alkanes) is 12. The average molecular weight is 870 g/mol. The van der Waals surface area contributed by atoms with E-state index in [0.717, 1.165) is 94.7 Å². The van der Waals surface area contributed by atoms with Crippen molar-refractivity contribution >= 4 is 5.97 Å². The molecule has 0 aromatic rings. The number of hydrogen-bond acceptors (Lipinski definition) is 7. The van der Waals surface area contributed by atoms with Gasteiger partial charge in [0.05, 0.1) is 39.1 Å². The van der Waals surface area contributed by atoms with Gasteiger partial charge >= 0.3 is 5.97 Å². The summed E-state index contributed by atoms with van der Waals surface area (Å²) >= 11 is 0. The minimum absolute atomic E-state index is 0.0154. The van der Waals surface area contributed by atoms with Gasteiger partial charge < -0.3 is 23.7 Å². The van der Waals surface area contributed by atoms with Gasteiger partial charge in [-0.3, -0.25) is 4.90 Å². The van der Waals surface area contributed by atoms with Gasteiger partial charge in [-0.1, -0.05) is 161 Å². The highest BCUT2D eigenvalue weighted by Crippen LogP contribution is 2.56. The molecule has 0 N–H and O–H groups in total. The Morgan fingerprint density at radius 3 is 2.23 bits per heavy atom. The molecule has 1 aliphatic heterocycles. The molecule has 0 bridgehead atoms. The average Bonchev–Trinajstić information content (AvgIpc) is 3.37. The normalized spacial score (nSPS) is 26.0. The molecule has 1 saturated heterocycles. The van der Waals surface area contributed by atoms with Crippen molar-refractivity contribution in [1.29, 1.82) is 0 Å². The molecule has 2 saturated carbocycles. The number of fused-ring (bicyclic) bond motifs is 3. The van der Waals surface area contributed by atoms with Crippen molar-refractivity contribution in [2.24, 2.45) is 35.0 Å². The molecule has 4 rings (SSSR count). The zero-order valence-electron chi connectivity index (χ0n) is 41.3. The molecule has 0 radical (unpaired) electrons. The standard InChI is InChI=1S/C55H99NO6/c1-6-7-8-9-10-11-12-13-14-15-16-17-18-19-20-21-37-59-44-52(43-56-35-38-58-39-36-56)61-41-40-60-45-54(57)62-51-33-34-55(5)50(42-51)32-31-49-29-23-27-48(28-24-30-53(49)55)47(4)26-22-25-46(2)3/h13-14,32,46-49,51-53H,6-12,15-31,33-45H2,1-5H3. The number of nitrogens with zero attached hydrogens (tertiary/aromatic N) is 1. The van der Waals surface area contributed by atoms with E-state index in [0.29, 0.717) is 19.8 Å². The van der Waals surface area contributed by atoms with E-state index in [-0.39, 0.29) is 30.2 Å². The maximum absolute atomic E-state index is 13.0. The number of allylic oxidation sites excluding steroid dienone is 3. The smallest absolute Gasteiger partial charge is 0.332 e. The molecule has 7 unspecified atom stereocenters. The SMILES string of the molecule is CCCCCCCCC=CCCCCCCCCOCC(CN1CCOCC1)OCCOCC(=O)OC1CCC2(C)C(=CCC3CCCC(C(C)CCCC(C)C)CCCC32)C1. The highest BCUT2D eigenvalue weighted by atomic mass is 16.6. The summed E-state index contributed by atoms with van der Waals surface area (Å²) in [6.45, 7) is 18.5. The number of esters is 1. The van der Waals surface area contributed by atoms with Crippen LogP contribution in [0.15, 0.2) is 23.8 Å². The molecule has 62 heavy (non-hydrogen) atoms. The van der Waals surface area contributed by atoms with Crippen LogP contribution >= 0.6 is 0 Å². The van der Waals surface area contributed by atoms with Crippen molar-refractivity contribution in [2.45, 2.75) is 220 Å². The first-order valence-electron chi connectivity index (χ1n) is 26.9. The lowest BCUT2D eigenvalue weighted by Crippen LogP contribution is -2.43. The first-order valence-corrected chi connectivity index (χ1v) is 26.9. The van der Waals surface area contributed by atoms with E-state index in [2.05, 4.69) is 57.7 Å². The Kier molecular flexibility index (Phi) is 27.9.